The topological polar surface area (TPSA) is 96.5 Å². The second kappa shape index (κ2) is 9.60. The maximum absolute atomic E-state index is 14.9. The quantitative estimate of drug-likeness (QED) is 0.626. The zero-order valence-electron chi connectivity index (χ0n) is 18.9. The van der Waals surface area contributed by atoms with E-state index in [-0.39, 0.29) is 23.9 Å². The molecular formula is C22H29ClFN5O3S. The number of nitrogens with zero attached hydrogens (tertiary/aromatic N) is 3. The summed E-state index contributed by atoms with van der Waals surface area (Å²) in [6.45, 7) is 5.22. The summed E-state index contributed by atoms with van der Waals surface area (Å²) in [5, 5.41) is 3.65. The fourth-order valence-corrected chi connectivity index (χ4v) is 5.50. The van der Waals surface area contributed by atoms with E-state index in [0.717, 1.165) is 25.7 Å². The number of hydrogen-bond donors (Lipinski definition) is 2. The summed E-state index contributed by atoms with van der Waals surface area (Å²) in [4.78, 5) is 11.0. The van der Waals surface area contributed by atoms with E-state index in [2.05, 4.69) is 38.8 Å². The third kappa shape index (κ3) is 5.67. The van der Waals surface area contributed by atoms with Crippen molar-refractivity contribution in [3.05, 3.63) is 29.2 Å². The van der Waals surface area contributed by atoms with Crippen molar-refractivity contribution in [3.8, 4) is 17.0 Å². The number of anilines is 2. The molecule has 1 saturated carbocycles. The van der Waals surface area contributed by atoms with Crippen LogP contribution in [-0.2, 0) is 10.0 Å². The van der Waals surface area contributed by atoms with Gasteiger partial charge in [-0.25, -0.2) is 27.5 Å². The van der Waals surface area contributed by atoms with Crippen LogP contribution in [-0.4, -0.2) is 55.9 Å². The third-order valence-corrected chi connectivity index (χ3v) is 7.03. The largest absolute Gasteiger partial charge is 0.486 e. The normalized spacial score (nSPS) is 21.0. The lowest BCUT2D eigenvalue weighted by Gasteiger charge is -2.34. The van der Waals surface area contributed by atoms with Gasteiger partial charge in [0.1, 0.15) is 6.61 Å². The molecule has 11 heteroatoms. The van der Waals surface area contributed by atoms with Crippen LogP contribution in [0.1, 0.15) is 39.5 Å². The van der Waals surface area contributed by atoms with Crippen molar-refractivity contribution in [2.24, 2.45) is 0 Å². The Balaban J connectivity index is 1.54. The molecule has 2 heterocycles. The predicted octanol–water partition coefficient (Wildman–Crippen LogP) is 3.82. The fraction of sp³-hybridized carbons (Fsp3) is 0.545. The smallest absolute Gasteiger partial charge is 0.223 e. The van der Waals surface area contributed by atoms with E-state index in [0.29, 0.717) is 41.1 Å². The number of hydrogen-bond acceptors (Lipinski definition) is 7. The van der Waals surface area contributed by atoms with Crippen molar-refractivity contribution in [3.63, 3.8) is 0 Å². The second-order valence-electron chi connectivity index (χ2n) is 8.91. The SMILES string of the molecule is CC(C)N1CCOc2c(F)cc(-c3nc(N[C@H]4CC[C@@H](NS(C)(=O)=O)CC4)ncc3Cl)cc21. The van der Waals surface area contributed by atoms with Crippen LogP contribution >= 0.6 is 11.6 Å². The summed E-state index contributed by atoms with van der Waals surface area (Å²) in [6, 6.07) is 3.50. The molecule has 0 unspecified atom stereocenters. The van der Waals surface area contributed by atoms with Crippen LogP contribution in [0, 0.1) is 5.82 Å². The molecule has 2 aromatic rings. The molecule has 0 atom stereocenters. The zero-order chi connectivity index (χ0) is 23.8. The van der Waals surface area contributed by atoms with E-state index in [1.807, 2.05) is 6.07 Å². The minimum Gasteiger partial charge on any atom is -0.486 e. The van der Waals surface area contributed by atoms with Crippen LogP contribution in [0.3, 0.4) is 0 Å². The highest BCUT2D eigenvalue weighted by molar-refractivity contribution is 7.88. The molecule has 1 aliphatic carbocycles. The summed E-state index contributed by atoms with van der Waals surface area (Å²) in [5.41, 5.74) is 1.68. The number of fused-ring (bicyclic) bond motifs is 1. The minimum atomic E-state index is -3.21. The fourth-order valence-electron chi connectivity index (χ4n) is 4.45. The summed E-state index contributed by atoms with van der Waals surface area (Å²) < 4.78 is 46.1. The Morgan fingerprint density at radius 1 is 1.21 bits per heavy atom. The van der Waals surface area contributed by atoms with Crippen molar-refractivity contribution in [2.45, 2.75) is 57.7 Å². The van der Waals surface area contributed by atoms with Crippen LogP contribution in [0.4, 0.5) is 16.0 Å². The van der Waals surface area contributed by atoms with Crippen LogP contribution in [0.25, 0.3) is 11.3 Å². The van der Waals surface area contributed by atoms with Crippen molar-refractivity contribution >= 4 is 33.3 Å². The Morgan fingerprint density at radius 3 is 2.58 bits per heavy atom. The Morgan fingerprint density at radius 2 is 1.91 bits per heavy atom. The Hall–Kier alpha value is -2.17. The lowest BCUT2D eigenvalue weighted by Crippen LogP contribution is -2.39. The lowest BCUT2D eigenvalue weighted by molar-refractivity contribution is 0.287. The van der Waals surface area contributed by atoms with Gasteiger partial charge in [-0.2, -0.15) is 0 Å². The Bertz CT molecular complexity index is 1120. The molecule has 0 amide bonds. The van der Waals surface area contributed by atoms with Crippen LogP contribution < -0.4 is 19.7 Å². The standard InChI is InChI=1S/C22H29ClFN5O3S/c1-13(2)29-8-9-32-21-18(24)10-14(11-19(21)29)20-17(23)12-25-22(27-20)26-15-4-6-16(7-5-15)28-33(3,30)31/h10-13,15-16,28H,4-9H2,1-3H3,(H,25,26,27)/t15-,16+. The van der Waals surface area contributed by atoms with Crippen LogP contribution in [0.2, 0.25) is 5.02 Å². The van der Waals surface area contributed by atoms with Gasteiger partial charge in [0, 0.05) is 23.7 Å². The molecule has 0 radical (unpaired) electrons. The van der Waals surface area contributed by atoms with Gasteiger partial charge in [0.25, 0.3) is 0 Å². The first-order valence-corrected chi connectivity index (χ1v) is 13.4. The highest BCUT2D eigenvalue weighted by atomic mass is 35.5. The molecule has 0 spiro atoms. The minimum absolute atomic E-state index is 0.0515. The number of sulfonamides is 1. The molecule has 1 fully saturated rings. The highest BCUT2D eigenvalue weighted by Crippen LogP contribution is 2.40. The molecule has 4 rings (SSSR count). The molecule has 180 valence electrons. The summed E-state index contributed by atoms with van der Waals surface area (Å²) in [7, 11) is -3.21. The first kappa shape index (κ1) is 24.0. The first-order valence-electron chi connectivity index (χ1n) is 11.1. The Labute approximate surface area is 198 Å². The molecule has 0 saturated heterocycles. The number of aromatic nitrogens is 2. The van der Waals surface area contributed by atoms with E-state index < -0.39 is 15.8 Å². The molecule has 1 aromatic heterocycles. The second-order valence-corrected chi connectivity index (χ2v) is 11.1. The van der Waals surface area contributed by atoms with Crippen molar-refractivity contribution in [1.82, 2.24) is 14.7 Å². The monoisotopic (exact) mass is 497 g/mol. The van der Waals surface area contributed by atoms with E-state index in [9.17, 15) is 12.8 Å². The number of benzene rings is 1. The molecule has 2 aliphatic rings. The molecular weight excluding hydrogens is 469 g/mol. The van der Waals surface area contributed by atoms with Gasteiger partial charge < -0.3 is 15.0 Å². The van der Waals surface area contributed by atoms with Crippen molar-refractivity contribution < 1.29 is 17.5 Å². The van der Waals surface area contributed by atoms with Crippen molar-refractivity contribution in [1.29, 1.82) is 0 Å². The van der Waals surface area contributed by atoms with E-state index in [4.69, 9.17) is 16.3 Å². The third-order valence-electron chi connectivity index (χ3n) is 5.99. The van der Waals surface area contributed by atoms with E-state index in [1.165, 1.54) is 18.5 Å². The van der Waals surface area contributed by atoms with Gasteiger partial charge in [0.05, 0.1) is 35.4 Å². The summed E-state index contributed by atoms with van der Waals surface area (Å²) >= 11 is 6.40. The predicted molar refractivity (Wildman–Crippen MR) is 128 cm³/mol. The molecule has 1 aliphatic heterocycles. The zero-order valence-corrected chi connectivity index (χ0v) is 20.5. The number of nitrogens with one attached hydrogen (secondary N) is 2. The average molecular weight is 498 g/mol. The lowest BCUT2D eigenvalue weighted by atomic mass is 9.92. The molecule has 1 aromatic carbocycles. The van der Waals surface area contributed by atoms with Gasteiger partial charge >= 0.3 is 0 Å². The number of halogens is 2. The van der Waals surface area contributed by atoms with Gasteiger partial charge in [-0.05, 0) is 51.7 Å². The summed E-state index contributed by atoms with van der Waals surface area (Å²) in [5.74, 6) is 0.208. The van der Waals surface area contributed by atoms with Gasteiger partial charge in [0.2, 0.25) is 16.0 Å². The molecule has 33 heavy (non-hydrogen) atoms. The maximum Gasteiger partial charge on any atom is 0.223 e. The summed E-state index contributed by atoms with van der Waals surface area (Å²) in [6.07, 6.45) is 5.71. The Kier molecular flexibility index (Phi) is 6.97. The highest BCUT2D eigenvalue weighted by Gasteiger charge is 2.26. The number of rotatable bonds is 6. The van der Waals surface area contributed by atoms with Gasteiger partial charge in [0.15, 0.2) is 11.6 Å². The average Bonchev–Trinajstić information content (AvgIpc) is 2.75. The van der Waals surface area contributed by atoms with Gasteiger partial charge in [-0.15, -0.1) is 0 Å². The molecule has 0 bridgehead atoms. The molecule has 2 N–H and O–H groups in total. The first-order chi connectivity index (χ1) is 15.6. The van der Waals surface area contributed by atoms with Crippen LogP contribution in [0.15, 0.2) is 18.3 Å². The molecule has 8 nitrogen and oxygen atoms in total. The van der Waals surface area contributed by atoms with Gasteiger partial charge in [-0.3, -0.25) is 0 Å². The van der Waals surface area contributed by atoms with E-state index in [1.54, 1.807) is 0 Å². The number of ether oxygens (including phenoxy) is 1. The van der Waals surface area contributed by atoms with E-state index >= 15 is 0 Å². The van der Waals surface area contributed by atoms with Crippen LogP contribution in [0.5, 0.6) is 5.75 Å². The van der Waals surface area contributed by atoms with Gasteiger partial charge in [-0.1, -0.05) is 11.6 Å². The van der Waals surface area contributed by atoms with Crippen molar-refractivity contribution in [2.75, 3.05) is 29.6 Å². The maximum atomic E-state index is 14.9.